The molecular weight excluding hydrogens is 650 g/mol. The molecule has 204 valence electrons. The van der Waals surface area contributed by atoms with E-state index in [9.17, 15) is 31.2 Å². The van der Waals surface area contributed by atoms with Crippen LogP contribution in [0.3, 0.4) is 0 Å². The molecule has 0 saturated heterocycles. The van der Waals surface area contributed by atoms with E-state index in [1.54, 1.807) is 23.9 Å². The molecule has 0 bridgehead atoms. The number of sulfone groups is 1. The summed E-state index contributed by atoms with van der Waals surface area (Å²) >= 11 is 2.09. The first-order valence-electron chi connectivity index (χ1n) is 11.3. The fourth-order valence-electron chi connectivity index (χ4n) is 3.92. The quantitative estimate of drug-likeness (QED) is 0.233. The second-order valence-electron chi connectivity index (χ2n) is 8.52. The number of rotatable bonds is 7. The van der Waals surface area contributed by atoms with Gasteiger partial charge in [-0.3, -0.25) is 23.8 Å². The molecule has 9 nitrogen and oxygen atoms in total. The SMILES string of the molecule is Cc1c(-c2ccnn2CI)cc(C(=O)NCc2ccc(S(C)(=O)=O)cn2)c(=O)n1-c1cccc(C(F)(F)F)c1. The molecule has 1 amide bonds. The van der Waals surface area contributed by atoms with Crippen LogP contribution in [0.15, 0.2) is 70.6 Å². The first kappa shape index (κ1) is 28.5. The van der Waals surface area contributed by atoms with Gasteiger partial charge in [0.1, 0.15) is 5.56 Å². The monoisotopic (exact) mass is 671 g/mol. The average Bonchev–Trinajstić information content (AvgIpc) is 3.35. The molecular formula is C25H21F3IN5O4S. The van der Waals surface area contributed by atoms with Crippen LogP contribution < -0.4 is 10.9 Å². The van der Waals surface area contributed by atoms with Gasteiger partial charge in [-0.2, -0.15) is 18.3 Å². The van der Waals surface area contributed by atoms with Gasteiger partial charge in [0.05, 0.1) is 32.9 Å². The van der Waals surface area contributed by atoms with Crippen LogP contribution >= 0.6 is 22.6 Å². The lowest BCUT2D eigenvalue weighted by Crippen LogP contribution is -2.34. The summed E-state index contributed by atoms with van der Waals surface area (Å²) in [6.07, 6.45) is -0.893. The van der Waals surface area contributed by atoms with Crippen molar-refractivity contribution in [3.05, 3.63) is 93.8 Å². The first-order valence-corrected chi connectivity index (χ1v) is 14.7. The van der Waals surface area contributed by atoms with Gasteiger partial charge in [-0.15, -0.1) is 0 Å². The number of carbonyl (C=O) groups excluding carboxylic acids is 1. The van der Waals surface area contributed by atoms with Gasteiger partial charge in [-0.25, -0.2) is 8.42 Å². The van der Waals surface area contributed by atoms with Gasteiger partial charge in [0.25, 0.3) is 11.5 Å². The van der Waals surface area contributed by atoms with Crippen molar-refractivity contribution in [2.45, 2.75) is 29.1 Å². The van der Waals surface area contributed by atoms with E-state index in [0.29, 0.717) is 27.2 Å². The Morgan fingerprint density at radius 2 is 1.87 bits per heavy atom. The molecule has 1 aromatic carbocycles. The molecule has 0 radical (unpaired) electrons. The van der Waals surface area contributed by atoms with E-state index in [1.165, 1.54) is 30.3 Å². The summed E-state index contributed by atoms with van der Waals surface area (Å²) in [6, 6.07) is 10.1. The molecule has 0 aliphatic rings. The zero-order valence-electron chi connectivity index (χ0n) is 20.5. The number of nitrogens with one attached hydrogen (secondary N) is 1. The smallest absolute Gasteiger partial charge is 0.346 e. The van der Waals surface area contributed by atoms with Gasteiger partial charge in [0.2, 0.25) is 0 Å². The Morgan fingerprint density at radius 1 is 1.13 bits per heavy atom. The summed E-state index contributed by atoms with van der Waals surface area (Å²) in [5.41, 5.74) is -0.456. The lowest BCUT2D eigenvalue weighted by molar-refractivity contribution is -0.137. The highest BCUT2D eigenvalue weighted by Gasteiger charge is 2.31. The number of hydrogen-bond acceptors (Lipinski definition) is 6. The summed E-state index contributed by atoms with van der Waals surface area (Å²) in [4.78, 5) is 30.8. The Hall–Kier alpha value is -3.53. The Kier molecular flexibility index (Phi) is 7.97. The third-order valence-electron chi connectivity index (χ3n) is 5.89. The summed E-state index contributed by atoms with van der Waals surface area (Å²) < 4.78 is 66.8. The Bertz CT molecular complexity index is 1710. The minimum absolute atomic E-state index is 0.0107. The molecule has 0 aliphatic carbocycles. The molecule has 3 aromatic heterocycles. The molecule has 0 fully saturated rings. The molecule has 0 spiro atoms. The van der Waals surface area contributed by atoms with Gasteiger partial charge in [0, 0.05) is 35.6 Å². The molecule has 39 heavy (non-hydrogen) atoms. The number of nitrogens with zero attached hydrogens (tertiary/aromatic N) is 4. The molecule has 14 heteroatoms. The van der Waals surface area contributed by atoms with E-state index in [-0.39, 0.29) is 22.7 Å². The van der Waals surface area contributed by atoms with Crippen LogP contribution in [-0.4, -0.2) is 39.9 Å². The minimum Gasteiger partial charge on any atom is -0.346 e. The van der Waals surface area contributed by atoms with Crippen molar-refractivity contribution in [1.29, 1.82) is 0 Å². The Balaban J connectivity index is 1.80. The summed E-state index contributed by atoms with van der Waals surface area (Å²) in [7, 11) is -3.45. The molecule has 4 rings (SSSR count). The number of benzene rings is 1. The van der Waals surface area contributed by atoms with Gasteiger partial charge in [-0.05, 0) is 49.4 Å². The third kappa shape index (κ3) is 6.06. The fraction of sp³-hybridized carbons (Fsp3) is 0.200. The third-order valence-corrected chi connectivity index (χ3v) is 7.63. The van der Waals surface area contributed by atoms with Gasteiger partial charge < -0.3 is 5.32 Å². The van der Waals surface area contributed by atoms with Crippen LogP contribution in [0.5, 0.6) is 0 Å². The van der Waals surface area contributed by atoms with E-state index in [1.807, 2.05) is 0 Å². The Morgan fingerprint density at radius 3 is 2.49 bits per heavy atom. The van der Waals surface area contributed by atoms with Gasteiger partial charge in [-0.1, -0.05) is 28.7 Å². The molecule has 0 atom stereocenters. The van der Waals surface area contributed by atoms with Crippen LogP contribution in [0, 0.1) is 6.92 Å². The zero-order valence-corrected chi connectivity index (χ0v) is 23.5. The number of aromatic nitrogens is 4. The maximum atomic E-state index is 13.5. The summed E-state index contributed by atoms with van der Waals surface area (Å²) in [5, 5.41) is 6.80. The molecule has 3 heterocycles. The lowest BCUT2D eigenvalue weighted by atomic mass is 10.1. The largest absolute Gasteiger partial charge is 0.416 e. The van der Waals surface area contributed by atoms with Crippen molar-refractivity contribution < 1.29 is 26.4 Å². The van der Waals surface area contributed by atoms with Gasteiger partial charge >= 0.3 is 6.18 Å². The lowest BCUT2D eigenvalue weighted by Gasteiger charge is -2.18. The minimum atomic E-state index is -4.63. The zero-order chi connectivity index (χ0) is 28.5. The van der Waals surface area contributed by atoms with E-state index in [2.05, 4.69) is 38.0 Å². The molecule has 4 aromatic rings. The van der Waals surface area contributed by atoms with E-state index in [4.69, 9.17) is 0 Å². The molecule has 0 saturated carbocycles. The summed E-state index contributed by atoms with van der Waals surface area (Å²) in [5.74, 6) is -0.781. The Labute approximate surface area is 234 Å². The normalized spacial score (nSPS) is 11.9. The number of alkyl halides is 4. The number of halogens is 4. The number of carbonyl (C=O) groups is 1. The van der Waals surface area contributed by atoms with Crippen LogP contribution in [0.4, 0.5) is 13.2 Å². The van der Waals surface area contributed by atoms with Crippen molar-refractivity contribution in [2.24, 2.45) is 0 Å². The number of amides is 1. The molecule has 1 N–H and O–H groups in total. The van der Waals surface area contributed by atoms with E-state index in [0.717, 1.165) is 29.2 Å². The number of hydrogen-bond donors (Lipinski definition) is 1. The van der Waals surface area contributed by atoms with Crippen LogP contribution in [-0.2, 0) is 27.1 Å². The predicted octanol–water partition coefficient (Wildman–Crippen LogP) is 4.15. The van der Waals surface area contributed by atoms with Crippen molar-refractivity contribution >= 4 is 38.3 Å². The second-order valence-corrected chi connectivity index (χ2v) is 11.2. The molecule has 0 aliphatic heterocycles. The van der Waals surface area contributed by atoms with Crippen molar-refractivity contribution in [2.75, 3.05) is 6.26 Å². The standard InChI is InChI=1S/C25H21F3IN5O4S/c1-15-20(22-8-9-32-33(22)14-29)11-21(23(35)31-12-17-6-7-19(13-30-17)39(2,37)38)24(36)34(15)18-5-3-4-16(10-18)25(26,27)28/h3-11,13H,12,14H2,1-2H3,(H,31,35). The van der Waals surface area contributed by atoms with Crippen molar-refractivity contribution in [1.82, 2.24) is 24.6 Å². The van der Waals surface area contributed by atoms with E-state index < -0.39 is 33.0 Å². The van der Waals surface area contributed by atoms with Crippen molar-refractivity contribution in [3.63, 3.8) is 0 Å². The van der Waals surface area contributed by atoms with Gasteiger partial charge in [0.15, 0.2) is 9.84 Å². The highest BCUT2D eigenvalue weighted by Crippen LogP contribution is 2.31. The maximum Gasteiger partial charge on any atom is 0.416 e. The fourth-order valence-corrected chi connectivity index (χ4v) is 5.02. The molecule has 0 unspecified atom stereocenters. The predicted molar refractivity (Wildman–Crippen MR) is 146 cm³/mol. The van der Waals surface area contributed by atoms with Crippen LogP contribution in [0.2, 0.25) is 0 Å². The first-order chi connectivity index (χ1) is 18.3. The highest BCUT2D eigenvalue weighted by atomic mass is 127. The van der Waals surface area contributed by atoms with E-state index >= 15 is 0 Å². The van der Waals surface area contributed by atoms with Crippen LogP contribution in [0.1, 0.15) is 27.3 Å². The topological polar surface area (TPSA) is 116 Å². The summed E-state index contributed by atoms with van der Waals surface area (Å²) in [6.45, 7) is 1.46. The maximum absolute atomic E-state index is 13.5. The number of pyridine rings is 2. The van der Waals surface area contributed by atoms with Crippen molar-refractivity contribution in [3.8, 4) is 16.9 Å². The average molecular weight is 671 g/mol. The second kappa shape index (κ2) is 10.9. The van der Waals surface area contributed by atoms with Crippen LogP contribution in [0.25, 0.3) is 16.9 Å². The highest BCUT2D eigenvalue weighted by molar-refractivity contribution is 14.1.